The summed E-state index contributed by atoms with van der Waals surface area (Å²) in [5, 5.41) is 10.8. The van der Waals surface area contributed by atoms with E-state index in [2.05, 4.69) is 15.9 Å². The van der Waals surface area contributed by atoms with Crippen molar-refractivity contribution in [2.75, 3.05) is 5.75 Å². The monoisotopic (exact) mass is 356 g/mol. The third-order valence-corrected chi connectivity index (χ3v) is 5.22. The molecule has 0 saturated carbocycles. The van der Waals surface area contributed by atoms with E-state index in [9.17, 15) is 5.11 Å². The first-order chi connectivity index (χ1) is 9.16. The summed E-state index contributed by atoms with van der Waals surface area (Å²) in [5.41, 5.74) is 0.990. The highest BCUT2D eigenvalue weighted by molar-refractivity contribution is 9.10. The molecular weight excluding hydrogens is 344 g/mol. The van der Waals surface area contributed by atoms with E-state index in [4.69, 9.17) is 11.6 Å². The van der Waals surface area contributed by atoms with E-state index >= 15 is 0 Å². The Bertz CT molecular complexity index is 547. The fourth-order valence-corrected chi connectivity index (χ4v) is 3.44. The smallest absolute Gasteiger partial charge is 0.0674 e. The standard InChI is InChI=1S/C15H14BrClOS/c16-13-6-2-4-8-15(13)19-10-12(18)9-11-5-1-3-7-14(11)17/h1-8,12,18H,9-10H2. The second kappa shape index (κ2) is 7.34. The molecule has 0 radical (unpaired) electrons. The van der Waals surface area contributed by atoms with E-state index in [0.717, 1.165) is 14.9 Å². The van der Waals surface area contributed by atoms with E-state index in [1.165, 1.54) is 0 Å². The normalized spacial score (nSPS) is 12.4. The van der Waals surface area contributed by atoms with Gasteiger partial charge in [-0.15, -0.1) is 11.8 Å². The predicted octanol–water partition coefficient (Wildman–Crippen LogP) is 4.80. The van der Waals surface area contributed by atoms with Gasteiger partial charge in [0.25, 0.3) is 0 Å². The SMILES string of the molecule is OC(CSc1ccccc1Br)Cc1ccccc1Cl. The summed E-state index contributed by atoms with van der Waals surface area (Å²) in [4.78, 5) is 1.14. The fraction of sp³-hybridized carbons (Fsp3) is 0.200. The largest absolute Gasteiger partial charge is 0.392 e. The average Bonchev–Trinajstić information content (AvgIpc) is 2.40. The molecule has 0 heterocycles. The van der Waals surface area contributed by atoms with Crippen LogP contribution in [0.15, 0.2) is 57.9 Å². The number of thioether (sulfide) groups is 1. The van der Waals surface area contributed by atoms with Crippen LogP contribution in [0.1, 0.15) is 5.56 Å². The Morgan fingerprint density at radius 2 is 1.79 bits per heavy atom. The van der Waals surface area contributed by atoms with Gasteiger partial charge in [0.15, 0.2) is 0 Å². The van der Waals surface area contributed by atoms with Gasteiger partial charge < -0.3 is 5.11 Å². The van der Waals surface area contributed by atoms with Crippen molar-refractivity contribution in [3.63, 3.8) is 0 Å². The van der Waals surface area contributed by atoms with Gasteiger partial charge in [0.05, 0.1) is 6.10 Å². The van der Waals surface area contributed by atoms with Crippen LogP contribution in [0.5, 0.6) is 0 Å². The molecular formula is C15H14BrClOS. The molecule has 0 aliphatic heterocycles. The van der Waals surface area contributed by atoms with Crippen LogP contribution in [-0.2, 0) is 6.42 Å². The lowest BCUT2D eigenvalue weighted by molar-refractivity contribution is 0.200. The van der Waals surface area contributed by atoms with Gasteiger partial charge in [0.1, 0.15) is 0 Å². The zero-order valence-electron chi connectivity index (χ0n) is 10.2. The number of hydrogen-bond acceptors (Lipinski definition) is 2. The number of hydrogen-bond donors (Lipinski definition) is 1. The molecule has 0 amide bonds. The van der Waals surface area contributed by atoms with Crippen LogP contribution in [0.4, 0.5) is 0 Å². The molecule has 0 aliphatic rings. The Labute approximate surface area is 131 Å². The zero-order valence-corrected chi connectivity index (χ0v) is 13.4. The molecule has 1 atom stereocenters. The minimum atomic E-state index is -0.406. The molecule has 100 valence electrons. The molecule has 19 heavy (non-hydrogen) atoms. The van der Waals surface area contributed by atoms with Crippen molar-refractivity contribution in [2.45, 2.75) is 17.4 Å². The number of aliphatic hydroxyl groups excluding tert-OH is 1. The molecule has 0 aliphatic carbocycles. The van der Waals surface area contributed by atoms with Crippen LogP contribution in [0, 0.1) is 0 Å². The summed E-state index contributed by atoms with van der Waals surface area (Å²) < 4.78 is 1.06. The lowest BCUT2D eigenvalue weighted by Gasteiger charge is -2.12. The molecule has 0 saturated heterocycles. The molecule has 1 N–H and O–H groups in total. The van der Waals surface area contributed by atoms with Crippen molar-refractivity contribution in [1.29, 1.82) is 0 Å². The Morgan fingerprint density at radius 3 is 2.53 bits per heavy atom. The summed E-state index contributed by atoms with van der Waals surface area (Å²) in [5.74, 6) is 0.647. The highest BCUT2D eigenvalue weighted by Gasteiger charge is 2.09. The lowest BCUT2D eigenvalue weighted by atomic mass is 10.1. The van der Waals surface area contributed by atoms with Crippen molar-refractivity contribution in [3.8, 4) is 0 Å². The number of halogens is 2. The van der Waals surface area contributed by atoms with Gasteiger partial charge in [0.2, 0.25) is 0 Å². The number of aliphatic hydroxyl groups is 1. The number of benzene rings is 2. The van der Waals surface area contributed by atoms with Crippen LogP contribution in [0.3, 0.4) is 0 Å². The summed E-state index contributed by atoms with van der Waals surface area (Å²) in [6, 6.07) is 15.7. The molecule has 2 rings (SSSR count). The minimum Gasteiger partial charge on any atom is -0.392 e. The summed E-state index contributed by atoms with van der Waals surface area (Å²) in [6.07, 6.45) is 0.175. The fourth-order valence-electron chi connectivity index (χ4n) is 1.72. The third-order valence-electron chi connectivity index (χ3n) is 2.68. The van der Waals surface area contributed by atoms with Crippen molar-refractivity contribution in [2.24, 2.45) is 0 Å². The summed E-state index contributed by atoms with van der Waals surface area (Å²) >= 11 is 11.2. The van der Waals surface area contributed by atoms with E-state index in [1.54, 1.807) is 11.8 Å². The van der Waals surface area contributed by atoms with Gasteiger partial charge in [0, 0.05) is 26.6 Å². The van der Waals surface area contributed by atoms with E-state index in [-0.39, 0.29) is 0 Å². The predicted molar refractivity (Wildman–Crippen MR) is 86.0 cm³/mol. The van der Waals surface area contributed by atoms with Crippen LogP contribution < -0.4 is 0 Å². The van der Waals surface area contributed by atoms with Gasteiger partial charge in [-0.2, -0.15) is 0 Å². The van der Waals surface area contributed by atoms with E-state index in [1.807, 2.05) is 48.5 Å². The maximum atomic E-state index is 10.1. The minimum absolute atomic E-state index is 0.406. The zero-order chi connectivity index (χ0) is 13.7. The summed E-state index contributed by atoms with van der Waals surface area (Å²) in [6.45, 7) is 0. The molecule has 0 aromatic heterocycles. The Balaban J connectivity index is 1.90. The van der Waals surface area contributed by atoms with Gasteiger partial charge >= 0.3 is 0 Å². The first-order valence-electron chi connectivity index (χ1n) is 5.95. The van der Waals surface area contributed by atoms with E-state index < -0.39 is 6.10 Å². The molecule has 2 aromatic carbocycles. The first kappa shape index (κ1) is 14.9. The lowest BCUT2D eigenvalue weighted by Crippen LogP contribution is -2.13. The average molecular weight is 358 g/mol. The highest BCUT2D eigenvalue weighted by atomic mass is 79.9. The van der Waals surface area contributed by atoms with Crippen molar-refractivity contribution < 1.29 is 5.11 Å². The molecule has 0 spiro atoms. The molecule has 1 unspecified atom stereocenters. The number of rotatable bonds is 5. The maximum Gasteiger partial charge on any atom is 0.0674 e. The van der Waals surface area contributed by atoms with Gasteiger partial charge in [-0.1, -0.05) is 41.9 Å². The molecule has 4 heteroatoms. The molecule has 0 fully saturated rings. The third kappa shape index (κ3) is 4.53. The summed E-state index contributed by atoms with van der Waals surface area (Å²) in [7, 11) is 0. The highest BCUT2D eigenvalue weighted by Crippen LogP contribution is 2.28. The Kier molecular flexibility index (Phi) is 5.76. The van der Waals surface area contributed by atoms with Crippen LogP contribution >= 0.6 is 39.3 Å². The van der Waals surface area contributed by atoms with Crippen LogP contribution in [-0.4, -0.2) is 17.0 Å². The van der Waals surface area contributed by atoms with Crippen molar-refractivity contribution >= 4 is 39.3 Å². The Morgan fingerprint density at radius 1 is 1.11 bits per heavy atom. The van der Waals surface area contributed by atoms with Gasteiger partial charge in [-0.3, -0.25) is 0 Å². The van der Waals surface area contributed by atoms with Gasteiger partial charge in [-0.05, 0) is 39.7 Å². The van der Waals surface area contributed by atoms with Crippen LogP contribution in [0.2, 0.25) is 5.02 Å². The topological polar surface area (TPSA) is 20.2 Å². The van der Waals surface area contributed by atoms with Crippen molar-refractivity contribution in [3.05, 3.63) is 63.6 Å². The maximum absolute atomic E-state index is 10.1. The first-order valence-corrected chi connectivity index (χ1v) is 8.11. The van der Waals surface area contributed by atoms with E-state index in [0.29, 0.717) is 17.2 Å². The van der Waals surface area contributed by atoms with Crippen molar-refractivity contribution in [1.82, 2.24) is 0 Å². The van der Waals surface area contributed by atoms with Crippen LogP contribution in [0.25, 0.3) is 0 Å². The second-order valence-corrected chi connectivity index (χ2v) is 6.51. The molecule has 2 aromatic rings. The molecule has 1 nitrogen and oxygen atoms in total. The quantitative estimate of drug-likeness (QED) is 0.776. The molecule has 0 bridgehead atoms. The Hall–Kier alpha value is -0.480. The van der Waals surface area contributed by atoms with Gasteiger partial charge in [-0.25, -0.2) is 0 Å². The second-order valence-electron chi connectivity index (χ2n) is 4.19.